The summed E-state index contributed by atoms with van der Waals surface area (Å²) in [5, 5.41) is 14.9. The van der Waals surface area contributed by atoms with E-state index in [-0.39, 0.29) is 18.7 Å². The van der Waals surface area contributed by atoms with Crippen LogP contribution in [0.25, 0.3) is 0 Å². The van der Waals surface area contributed by atoms with Crippen LogP contribution in [-0.4, -0.2) is 37.5 Å². The Kier molecular flexibility index (Phi) is 7.79. The van der Waals surface area contributed by atoms with Gasteiger partial charge in [-0.1, -0.05) is 26.0 Å². The van der Waals surface area contributed by atoms with Gasteiger partial charge in [-0.05, 0) is 36.5 Å². The van der Waals surface area contributed by atoms with Crippen molar-refractivity contribution in [2.75, 3.05) is 25.6 Å². The summed E-state index contributed by atoms with van der Waals surface area (Å²) >= 11 is 0. The molecule has 1 aromatic rings. The second kappa shape index (κ2) is 9.37. The van der Waals surface area contributed by atoms with E-state index in [1.165, 1.54) is 5.56 Å². The lowest BCUT2D eigenvalue weighted by atomic mass is 10.0. The SMILES string of the molecule is CCc1cccc(NC(=O)N[C@H](CO)CCOC)c1CC. The highest BCUT2D eigenvalue weighted by molar-refractivity contribution is 5.90. The lowest BCUT2D eigenvalue weighted by Crippen LogP contribution is -2.41. The van der Waals surface area contributed by atoms with Crippen molar-refractivity contribution in [3.63, 3.8) is 0 Å². The zero-order valence-corrected chi connectivity index (χ0v) is 13.1. The minimum absolute atomic E-state index is 0.105. The molecule has 0 unspecified atom stereocenters. The van der Waals surface area contributed by atoms with E-state index in [1.54, 1.807) is 7.11 Å². The first-order valence-corrected chi connectivity index (χ1v) is 7.44. The fourth-order valence-corrected chi connectivity index (χ4v) is 2.31. The number of nitrogens with one attached hydrogen (secondary N) is 2. The Hall–Kier alpha value is -1.59. The summed E-state index contributed by atoms with van der Waals surface area (Å²) in [6.07, 6.45) is 2.39. The zero-order chi connectivity index (χ0) is 15.7. The molecule has 0 heterocycles. The van der Waals surface area contributed by atoms with Crippen LogP contribution in [0.5, 0.6) is 0 Å². The minimum atomic E-state index is -0.301. The van der Waals surface area contributed by atoms with Gasteiger partial charge in [0.2, 0.25) is 0 Å². The molecule has 21 heavy (non-hydrogen) atoms. The number of aliphatic hydroxyl groups is 1. The summed E-state index contributed by atoms with van der Waals surface area (Å²) in [5.41, 5.74) is 3.23. The van der Waals surface area contributed by atoms with Crippen LogP contribution in [-0.2, 0) is 17.6 Å². The number of hydrogen-bond donors (Lipinski definition) is 3. The Morgan fingerprint density at radius 3 is 2.67 bits per heavy atom. The van der Waals surface area contributed by atoms with Crippen LogP contribution in [0.1, 0.15) is 31.4 Å². The van der Waals surface area contributed by atoms with Crippen molar-refractivity contribution < 1.29 is 14.6 Å². The number of urea groups is 1. The van der Waals surface area contributed by atoms with E-state index >= 15 is 0 Å². The van der Waals surface area contributed by atoms with Gasteiger partial charge in [0.1, 0.15) is 0 Å². The molecule has 0 fully saturated rings. The molecule has 0 bridgehead atoms. The normalized spacial score (nSPS) is 12.0. The topological polar surface area (TPSA) is 70.6 Å². The smallest absolute Gasteiger partial charge is 0.319 e. The molecule has 0 saturated heterocycles. The van der Waals surface area contributed by atoms with Crippen LogP contribution in [0.2, 0.25) is 0 Å². The van der Waals surface area contributed by atoms with E-state index in [4.69, 9.17) is 4.74 Å². The number of aliphatic hydroxyl groups excluding tert-OH is 1. The Morgan fingerprint density at radius 1 is 1.33 bits per heavy atom. The first-order chi connectivity index (χ1) is 10.2. The molecule has 1 atom stereocenters. The maximum Gasteiger partial charge on any atom is 0.319 e. The maximum absolute atomic E-state index is 12.0. The third-order valence-corrected chi connectivity index (χ3v) is 3.48. The zero-order valence-electron chi connectivity index (χ0n) is 13.1. The van der Waals surface area contributed by atoms with E-state index in [2.05, 4.69) is 30.5 Å². The van der Waals surface area contributed by atoms with Crippen molar-refractivity contribution in [2.45, 2.75) is 39.2 Å². The van der Waals surface area contributed by atoms with Crippen molar-refractivity contribution in [3.8, 4) is 0 Å². The molecule has 0 aliphatic heterocycles. The van der Waals surface area contributed by atoms with Crippen LogP contribution >= 0.6 is 0 Å². The number of carbonyl (C=O) groups is 1. The van der Waals surface area contributed by atoms with Gasteiger partial charge >= 0.3 is 6.03 Å². The van der Waals surface area contributed by atoms with Gasteiger partial charge in [-0.15, -0.1) is 0 Å². The predicted molar refractivity (Wildman–Crippen MR) is 84.7 cm³/mol. The van der Waals surface area contributed by atoms with Crippen LogP contribution in [0.4, 0.5) is 10.5 Å². The van der Waals surface area contributed by atoms with Gasteiger partial charge in [-0.2, -0.15) is 0 Å². The second-order valence-corrected chi connectivity index (χ2v) is 4.91. The molecule has 3 N–H and O–H groups in total. The highest BCUT2D eigenvalue weighted by Crippen LogP contribution is 2.21. The van der Waals surface area contributed by atoms with Gasteiger partial charge in [-0.25, -0.2) is 4.79 Å². The Balaban J connectivity index is 2.70. The molecule has 0 saturated carbocycles. The fraction of sp³-hybridized carbons (Fsp3) is 0.562. The lowest BCUT2D eigenvalue weighted by Gasteiger charge is -2.18. The maximum atomic E-state index is 12.0. The summed E-state index contributed by atoms with van der Waals surface area (Å²) in [6.45, 7) is 4.57. The Bertz CT molecular complexity index is 449. The number of amides is 2. The van der Waals surface area contributed by atoms with Gasteiger partial charge in [0.15, 0.2) is 0 Å². The molecule has 5 nitrogen and oxygen atoms in total. The first kappa shape index (κ1) is 17.5. The van der Waals surface area contributed by atoms with Crippen LogP contribution in [0, 0.1) is 0 Å². The highest BCUT2D eigenvalue weighted by Gasteiger charge is 2.13. The third kappa shape index (κ3) is 5.36. The summed E-state index contributed by atoms with van der Waals surface area (Å²) < 4.78 is 4.96. The summed E-state index contributed by atoms with van der Waals surface area (Å²) in [4.78, 5) is 12.0. The Labute approximate surface area is 126 Å². The van der Waals surface area contributed by atoms with Gasteiger partial charge in [0.05, 0.1) is 12.6 Å². The Morgan fingerprint density at radius 2 is 2.10 bits per heavy atom. The third-order valence-electron chi connectivity index (χ3n) is 3.48. The van der Waals surface area contributed by atoms with E-state index < -0.39 is 0 Å². The average molecular weight is 294 g/mol. The number of benzene rings is 1. The number of rotatable bonds is 8. The largest absolute Gasteiger partial charge is 0.394 e. The molecule has 0 aromatic heterocycles. The molecule has 1 rings (SSSR count). The van der Waals surface area contributed by atoms with E-state index in [9.17, 15) is 9.90 Å². The van der Waals surface area contributed by atoms with Crippen molar-refractivity contribution in [2.24, 2.45) is 0 Å². The molecule has 2 amide bonds. The number of carbonyl (C=O) groups excluding carboxylic acids is 1. The number of anilines is 1. The van der Waals surface area contributed by atoms with Crippen molar-refractivity contribution in [1.82, 2.24) is 5.32 Å². The monoisotopic (exact) mass is 294 g/mol. The number of ether oxygens (including phenoxy) is 1. The molecule has 0 aliphatic carbocycles. The summed E-state index contributed by atoms with van der Waals surface area (Å²) in [6, 6.07) is 5.33. The molecule has 0 radical (unpaired) electrons. The molecular weight excluding hydrogens is 268 g/mol. The number of hydrogen-bond acceptors (Lipinski definition) is 3. The number of aryl methyl sites for hydroxylation is 1. The van der Waals surface area contributed by atoms with E-state index in [1.807, 2.05) is 12.1 Å². The van der Waals surface area contributed by atoms with Crippen LogP contribution < -0.4 is 10.6 Å². The van der Waals surface area contributed by atoms with Crippen LogP contribution in [0.3, 0.4) is 0 Å². The van der Waals surface area contributed by atoms with E-state index in [0.29, 0.717) is 13.0 Å². The van der Waals surface area contributed by atoms with Gasteiger partial charge in [0, 0.05) is 19.4 Å². The van der Waals surface area contributed by atoms with Crippen molar-refractivity contribution in [1.29, 1.82) is 0 Å². The highest BCUT2D eigenvalue weighted by atomic mass is 16.5. The van der Waals surface area contributed by atoms with Crippen LogP contribution in [0.15, 0.2) is 18.2 Å². The predicted octanol–water partition coefficient (Wildman–Crippen LogP) is 2.33. The molecule has 0 aliphatic rings. The molecule has 5 heteroatoms. The molecule has 118 valence electrons. The molecule has 1 aromatic carbocycles. The first-order valence-electron chi connectivity index (χ1n) is 7.44. The van der Waals surface area contributed by atoms with Crippen molar-refractivity contribution >= 4 is 11.7 Å². The average Bonchev–Trinajstić information content (AvgIpc) is 2.50. The summed E-state index contributed by atoms with van der Waals surface area (Å²) in [5.74, 6) is 0. The van der Waals surface area contributed by atoms with Gasteiger partial charge < -0.3 is 20.5 Å². The van der Waals surface area contributed by atoms with Gasteiger partial charge in [-0.3, -0.25) is 0 Å². The second-order valence-electron chi connectivity index (χ2n) is 4.91. The van der Waals surface area contributed by atoms with Crippen molar-refractivity contribution in [3.05, 3.63) is 29.3 Å². The summed E-state index contributed by atoms with van der Waals surface area (Å²) in [7, 11) is 1.60. The molecule has 0 spiro atoms. The van der Waals surface area contributed by atoms with E-state index in [0.717, 1.165) is 24.1 Å². The fourth-order valence-electron chi connectivity index (χ4n) is 2.31. The lowest BCUT2D eigenvalue weighted by molar-refractivity contribution is 0.161. The standard InChI is InChI=1S/C16H26N2O3/c1-4-12-7-6-8-15(14(12)5-2)18-16(20)17-13(11-19)9-10-21-3/h6-8,13,19H,4-5,9-11H2,1-3H3,(H2,17,18,20)/t13-/m0/s1. The quantitative estimate of drug-likeness (QED) is 0.689. The molecular formula is C16H26N2O3. The van der Waals surface area contributed by atoms with Gasteiger partial charge in [0.25, 0.3) is 0 Å². The number of methoxy groups -OCH3 is 1. The minimum Gasteiger partial charge on any atom is -0.394 e.